The molecule has 0 radical (unpaired) electrons. The normalized spacial score (nSPS) is 21.8. The standard InChI is InChI=1S/C16H19ClN4O3/c1-10-14(15(18)22)21(8-9-23-10)7-6-13-19-16(20-24-13)11-2-4-12(17)5-3-11/h2-5,10,14H,6-9H2,1H3,(H2,18,22)/t10-,14+/m1/s1. The molecule has 2 heterocycles. The van der Waals surface area contributed by atoms with Crippen LogP contribution in [0.15, 0.2) is 28.8 Å². The molecule has 0 bridgehead atoms. The number of halogens is 1. The number of hydrogen-bond donors (Lipinski definition) is 1. The van der Waals surface area contributed by atoms with Crippen LogP contribution in [-0.2, 0) is 16.0 Å². The number of nitrogens with zero attached hydrogens (tertiary/aromatic N) is 3. The summed E-state index contributed by atoms with van der Waals surface area (Å²) in [5.41, 5.74) is 6.32. The van der Waals surface area contributed by atoms with E-state index >= 15 is 0 Å². The topological polar surface area (TPSA) is 94.5 Å². The lowest BCUT2D eigenvalue weighted by molar-refractivity contribution is -0.135. The van der Waals surface area contributed by atoms with Crippen LogP contribution in [0.2, 0.25) is 5.02 Å². The van der Waals surface area contributed by atoms with E-state index in [1.807, 2.05) is 24.0 Å². The second-order valence-corrected chi connectivity index (χ2v) is 6.16. The SMILES string of the molecule is C[C@H]1OCCN(CCc2nc(-c3ccc(Cl)cc3)no2)[C@@H]1C(N)=O. The Kier molecular flexibility index (Phi) is 5.13. The average molecular weight is 351 g/mol. The monoisotopic (exact) mass is 350 g/mol. The van der Waals surface area contributed by atoms with Crippen molar-refractivity contribution >= 4 is 17.5 Å². The van der Waals surface area contributed by atoms with Crippen molar-refractivity contribution in [2.75, 3.05) is 19.7 Å². The van der Waals surface area contributed by atoms with Gasteiger partial charge >= 0.3 is 0 Å². The number of primary amides is 1. The van der Waals surface area contributed by atoms with E-state index in [0.29, 0.717) is 42.9 Å². The molecule has 0 spiro atoms. The summed E-state index contributed by atoms with van der Waals surface area (Å²) in [6.07, 6.45) is 0.320. The van der Waals surface area contributed by atoms with Gasteiger partial charge in [0, 0.05) is 30.1 Å². The molecule has 2 atom stereocenters. The molecule has 1 amide bonds. The molecule has 1 fully saturated rings. The highest BCUT2D eigenvalue weighted by molar-refractivity contribution is 6.30. The second kappa shape index (κ2) is 7.29. The maximum absolute atomic E-state index is 11.6. The van der Waals surface area contributed by atoms with E-state index in [9.17, 15) is 4.79 Å². The van der Waals surface area contributed by atoms with Crippen molar-refractivity contribution in [3.8, 4) is 11.4 Å². The predicted octanol–water partition coefficient (Wildman–Crippen LogP) is 1.51. The average Bonchev–Trinajstić information content (AvgIpc) is 3.02. The quantitative estimate of drug-likeness (QED) is 0.878. The largest absolute Gasteiger partial charge is 0.375 e. The van der Waals surface area contributed by atoms with Crippen molar-refractivity contribution in [2.24, 2.45) is 5.73 Å². The minimum absolute atomic E-state index is 0.219. The van der Waals surface area contributed by atoms with Crippen molar-refractivity contribution in [3.05, 3.63) is 35.2 Å². The first-order valence-corrected chi connectivity index (χ1v) is 8.16. The number of carbonyl (C=O) groups is 1. The Morgan fingerprint density at radius 1 is 1.42 bits per heavy atom. The maximum atomic E-state index is 11.6. The van der Waals surface area contributed by atoms with Gasteiger partial charge in [-0.1, -0.05) is 16.8 Å². The molecule has 24 heavy (non-hydrogen) atoms. The minimum Gasteiger partial charge on any atom is -0.375 e. The Morgan fingerprint density at radius 3 is 2.88 bits per heavy atom. The lowest BCUT2D eigenvalue weighted by atomic mass is 10.1. The Bertz CT molecular complexity index is 704. The van der Waals surface area contributed by atoms with E-state index < -0.39 is 6.04 Å². The van der Waals surface area contributed by atoms with Crippen molar-refractivity contribution in [1.82, 2.24) is 15.0 Å². The Hall–Kier alpha value is -1.96. The molecule has 8 heteroatoms. The third-order valence-corrected chi connectivity index (χ3v) is 4.32. The summed E-state index contributed by atoms with van der Waals surface area (Å²) in [5, 5.41) is 4.64. The van der Waals surface area contributed by atoms with Crippen LogP contribution >= 0.6 is 11.6 Å². The number of ether oxygens (including phenoxy) is 1. The predicted molar refractivity (Wildman–Crippen MR) is 88.4 cm³/mol. The molecule has 128 valence electrons. The fourth-order valence-corrected chi connectivity index (χ4v) is 2.98. The van der Waals surface area contributed by atoms with Crippen LogP contribution in [0.4, 0.5) is 0 Å². The van der Waals surface area contributed by atoms with Gasteiger partial charge in [-0.05, 0) is 31.2 Å². The molecule has 1 aliphatic heterocycles. The van der Waals surface area contributed by atoms with Gasteiger partial charge in [-0.3, -0.25) is 9.69 Å². The number of benzene rings is 1. The molecule has 2 N–H and O–H groups in total. The van der Waals surface area contributed by atoms with E-state index in [1.165, 1.54) is 0 Å². The van der Waals surface area contributed by atoms with Crippen molar-refractivity contribution < 1.29 is 14.1 Å². The summed E-state index contributed by atoms with van der Waals surface area (Å²) < 4.78 is 10.8. The summed E-state index contributed by atoms with van der Waals surface area (Å²) in [6.45, 7) is 3.68. The summed E-state index contributed by atoms with van der Waals surface area (Å²) in [6, 6.07) is 6.80. The number of rotatable bonds is 5. The molecular formula is C16H19ClN4O3. The van der Waals surface area contributed by atoms with Crippen LogP contribution in [0.25, 0.3) is 11.4 Å². The highest BCUT2D eigenvalue weighted by Crippen LogP contribution is 2.19. The van der Waals surface area contributed by atoms with Crippen LogP contribution < -0.4 is 5.73 Å². The summed E-state index contributed by atoms with van der Waals surface area (Å²) in [4.78, 5) is 18.0. The van der Waals surface area contributed by atoms with Crippen molar-refractivity contribution in [2.45, 2.75) is 25.5 Å². The maximum Gasteiger partial charge on any atom is 0.237 e. The summed E-state index contributed by atoms with van der Waals surface area (Å²) >= 11 is 5.87. The molecule has 0 saturated carbocycles. The molecular weight excluding hydrogens is 332 g/mol. The summed E-state index contributed by atoms with van der Waals surface area (Å²) in [7, 11) is 0. The van der Waals surface area contributed by atoms with Gasteiger partial charge in [0.1, 0.15) is 6.04 Å². The third-order valence-electron chi connectivity index (χ3n) is 4.07. The van der Waals surface area contributed by atoms with Gasteiger partial charge in [0.25, 0.3) is 0 Å². The lowest BCUT2D eigenvalue weighted by Crippen LogP contribution is -2.56. The van der Waals surface area contributed by atoms with Gasteiger partial charge in [0.15, 0.2) is 0 Å². The Balaban J connectivity index is 1.64. The second-order valence-electron chi connectivity index (χ2n) is 5.73. The molecule has 3 rings (SSSR count). The zero-order chi connectivity index (χ0) is 17.1. The Labute approximate surface area is 144 Å². The number of hydrogen-bond acceptors (Lipinski definition) is 6. The first-order chi connectivity index (χ1) is 11.5. The highest BCUT2D eigenvalue weighted by Gasteiger charge is 2.33. The highest BCUT2D eigenvalue weighted by atomic mass is 35.5. The van der Waals surface area contributed by atoms with E-state index in [0.717, 1.165) is 5.56 Å². The van der Waals surface area contributed by atoms with E-state index in [-0.39, 0.29) is 12.0 Å². The number of carbonyl (C=O) groups excluding carboxylic acids is 1. The Morgan fingerprint density at radius 2 is 2.17 bits per heavy atom. The number of morpholine rings is 1. The van der Waals surface area contributed by atoms with Crippen LogP contribution in [-0.4, -0.2) is 52.8 Å². The summed E-state index contributed by atoms with van der Waals surface area (Å²) in [5.74, 6) is 0.653. The van der Waals surface area contributed by atoms with E-state index in [2.05, 4.69) is 10.1 Å². The van der Waals surface area contributed by atoms with Gasteiger partial charge < -0.3 is 15.0 Å². The third kappa shape index (κ3) is 3.75. The fourth-order valence-electron chi connectivity index (χ4n) is 2.86. The van der Waals surface area contributed by atoms with Crippen LogP contribution in [0.5, 0.6) is 0 Å². The first kappa shape index (κ1) is 16.9. The number of aromatic nitrogens is 2. The smallest absolute Gasteiger partial charge is 0.237 e. The van der Waals surface area contributed by atoms with E-state index in [1.54, 1.807) is 12.1 Å². The van der Waals surface area contributed by atoms with E-state index in [4.69, 9.17) is 26.6 Å². The van der Waals surface area contributed by atoms with Crippen LogP contribution in [0, 0.1) is 0 Å². The van der Waals surface area contributed by atoms with Gasteiger partial charge in [-0.15, -0.1) is 0 Å². The molecule has 0 aliphatic carbocycles. The molecule has 1 aliphatic rings. The lowest BCUT2D eigenvalue weighted by Gasteiger charge is -2.37. The van der Waals surface area contributed by atoms with Gasteiger partial charge in [0.2, 0.25) is 17.6 Å². The molecule has 2 aromatic rings. The van der Waals surface area contributed by atoms with Crippen LogP contribution in [0.1, 0.15) is 12.8 Å². The van der Waals surface area contributed by atoms with Gasteiger partial charge in [0.05, 0.1) is 12.7 Å². The minimum atomic E-state index is -0.433. The van der Waals surface area contributed by atoms with Crippen molar-refractivity contribution in [1.29, 1.82) is 0 Å². The number of amides is 1. The zero-order valence-electron chi connectivity index (χ0n) is 13.3. The molecule has 1 aromatic heterocycles. The molecule has 1 aromatic carbocycles. The molecule has 7 nitrogen and oxygen atoms in total. The fraction of sp³-hybridized carbons (Fsp3) is 0.438. The van der Waals surface area contributed by atoms with Gasteiger partial charge in [-0.25, -0.2) is 0 Å². The first-order valence-electron chi connectivity index (χ1n) is 7.78. The van der Waals surface area contributed by atoms with Gasteiger partial charge in [-0.2, -0.15) is 4.98 Å². The number of nitrogens with two attached hydrogens (primary N) is 1. The van der Waals surface area contributed by atoms with Crippen molar-refractivity contribution in [3.63, 3.8) is 0 Å². The molecule has 0 unspecified atom stereocenters. The molecule has 1 saturated heterocycles. The zero-order valence-corrected chi connectivity index (χ0v) is 14.1. The van der Waals surface area contributed by atoms with Crippen LogP contribution in [0.3, 0.4) is 0 Å².